The lowest BCUT2D eigenvalue weighted by atomic mass is 10.2. The Labute approximate surface area is 147 Å². The normalized spacial score (nSPS) is 12.1. The van der Waals surface area contributed by atoms with Crippen LogP contribution in [0.4, 0.5) is 5.13 Å². The lowest BCUT2D eigenvalue weighted by Crippen LogP contribution is -2.22. The highest BCUT2D eigenvalue weighted by Gasteiger charge is 2.17. The minimum atomic E-state index is -0.218. The lowest BCUT2D eigenvalue weighted by molar-refractivity contribution is -0.115. The second-order valence-electron chi connectivity index (χ2n) is 4.91. The van der Waals surface area contributed by atoms with Gasteiger partial charge in [-0.1, -0.05) is 42.1 Å². The van der Waals surface area contributed by atoms with Crippen molar-refractivity contribution in [3.63, 3.8) is 0 Å². The summed E-state index contributed by atoms with van der Waals surface area (Å²) in [5, 5.41) is 7.22. The molecule has 0 saturated carbocycles. The topological polar surface area (TPSA) is 54.9 Å². The molecular weight excluding hydrogens is 346 g/mol. The van der Waals surface area contributed by atoms with Gasteiger partial charge >= 0.3 is 0 Å². The van der Waals surface area contributed by atoms with Gasteiger partial charge in [-0.25, -0.2) is 9.97 Å². The number of rotatable bonds is 5. The van der Waals surface area contributed by atoms with Crippen LogP contribution in [-0.4, -0.2) is 21.1 Å². The van der Waals surface area contributed by atoms with Crippen LogP contribution in [0.3, 0.4) is 0 Å². The first kappa shape index (κ1) is 16.2. The minimum Gasteiger partial charge on any atom is -0.301 e. The smallest absolute Gasteiger partial charge is 0.239 e. The van der Waals surface area contributed by atoms with Gasteiger partial charge in [0.2, 0.25) is 5.91 Å². The molecule has 1 N–H and O–H groups in total. The molecule has 0 spiro atoms. The van der Waals surface area contributed by atoms with E-state index in [1.165, 1.54) is 23.1 Å². The minimum absolute atomic E-state index is 0.0585. The largest absolute Gasteiger partial charge is 0.301 e. The number of aryl methyl sites for hydroxylation is 1. The third kappa shape index (κ3) is 4.19. The average molecular weight is 362 g/mol. The standard InChI is InChI=1S/C16H15N3OS3/c1-10-8-22-16(17-10)23-11(2)14(20)19-15-18-13(9-21-15)12-6-4-3-5-7-12/h3-9,11H,1-2H3,(H,18,19,20)/t11-/m1/s1. The number of benzene rings is 1. The molecule has 0 radical (unpaired) electrons. The van der Waals surface area contributed by atoms with Crippen LogP contribution in [0, 0.1) is 6.92 Å². The van der Waals surface area contributed by atoms with Gasteiger partial charge in [-0.3, -0.25) is 4.79 Å². The molecular formula is C16H15N3OS3. The highest BCUT2D eigenvalue weighted by Crippen LogP contribution is 2.28. The van der Waals surface area contributed by atoms with Crippen LogP contribution < -0.4 is 5.32 Å². The predicted octanol–water partition coefficient (Wildman–Crippen LogP) is 4.69. The Morgan fingerprint density at radius 3 is 2.65 bits per heavy atom. The van der Waals surface area contributed by atoms with E-state index in [0.29, 0.717) is 5.13 Å². The fourth-order valence-corrected chi connectivity index (χ4v) is 4.58. The van der Waals surface area contributed by atoms with Crippen molar-refractivity contribution in [2.45, 2.75) is 23.4 Å². The maximum Gasteiger partial charge on any atom is 0.239 e. The number of thioether (sulfide) groups is 1. The highest BCUT2D eigenvalue weighted by atomic mass is 32.2. The molecule has 0 unspecified atom stereocenters. The van der Waals surface area contributed by atoms with Crippen molar-refractivity contribution in [3.05, 3.63) is 46.8 Å². The van der Waals surface area contributed by atoms with Gasteiger partial charge in [0, 0.05) is 22.0 Å². The molecule has 1 aromatic carbocycles. The summed E-state index contributed by atoms with van der Waals surface area (Å²) in [4.78, 5) is 21.1. The molecule has 1 amide bonds. The van der Waals surface area contributed by atoms with E-state index in [2.05, 4.69) is 15.3 Å². The van der Waals surface area contributed by atoms with Crippen molar-refractivity contribution in [1.29, 1.82) is 0 Å². The van der Waals surface area contributed by atoms with Crippen molar-refractivity contribution in [2.75, 3.05) is 5.32 Å². The van der Waals surface area contributed by atoms with E-state index in [0.717, 1.165) is 21.3 Å². The molecule has 23 heavy (non-hydrogen) atoms. The molecule has 0 aliphatic carbocycles. The van der Waals surface area contributed by atoms with Crippen LogP contribution in [0.5, 0.6) is 0 Å². The van der Waals surface area contributed by atoms with Crippen LogP contribution in [0.1, 0.15) is 12.6 Å². The average Bonchev–Trinajstić information content (AvgIpc) is 3.17. The van der Waals surface area contributed by atoms with Gasteiger partial charge in [-0.15, -0.1) is 22.7 Å². The Morgan fingerprint density at radius 1 is 1.17 bits per heavy atom. The molecule has 3 aromatic rings. The van der Waals surface area contributed by atoms with Gasteiger partial charge in [0.1, 0.15) is 0 Å². The number of carbonyl (C=O) groups excluding carboxylic acids is 1. The predicted molar refractivity (Wildman–Crippen MR) is 98.3 cm³/mol. The molecule has 2 aromatic heterocycles. The van der Waals surface area contributed by atoms with Crippen LogP contribution >= 0.6 is 34.4 Å². The summed E-state index contributed by atoms with van der Waals surface area (Å²) in [5.41, 5.74) is 2.91. The van der Waals surface area contributed by atoms with Crippen molar-refractivity contribution < 1.29 is 4.79 Å². The zero-order chi connectivity index (χ0) is 16.2. The van der Waals surface area contributed by atoms with Crippen molar-refractivity contribution in [1.82, 2.24) is 9.97 Å². The van der Waals surface area contributed by atoms with Crippen molar-refractivity contribution >= 4 is 45.5 Å². The first-order valence-corrected chi connectivity index (χ1v) is 9.66. The Kier molecular flexibility index (Phi) is 5.09. The SMILES string of the molecule is Cc1csc(S[C@H](C)C(=O)Nc2nc(-c3ccccc3)cs2)n1. The van der Waals surface area contributed by atoms with Gasteiger partial charge in [0.25, 0.3) is 0 Å². The molecule has 0 fully saturated rings. The van der Waals surface area contributed by atoms with E-state index in [1.54, 1.807) is 11.3 Å². The summed E-state index contributed by atoms with van der Waals surface area (Å²) in [6.45, 7) is 3.83. The van der Waals surface area contributed by atoms with E-state index in [9.17, 15) is 4.79 Å². The van der Waals surface area contributed by atoms with Gasteiger partial charge in [-0.05, 0) is 13.8 Å². The first-order chi connectivity index (χ1) is 11.1. The first-order valence-electron chi connectivity index (χ1n) is 7.02. The molecule has 0 aliphatic heterocycles. The molecule has 0 aliphatic rings. The molecule has 0 saturated heterocycles. The molecule has 118 valence electrons. The van der Waals surface area contributed by atoms with Crippen molar-refractivity contribution in [2.24, 2.45) is 0 Å². The van der Waals surface area contributed by atoms with E-state index in [-0.39, 0.29) is 11.2 Å². The van der Waals surface area contributed by atoms with Gasteiger partial charge in [-0.2, -0.15) is 0 Å². The summed E-state index contributed by atoms with van der Waals surface area (Å²) in [6.07, 6.45) is 0. The van der Waals surface area contributed by atoms with Crippen LogP contribution in [-0.2, 0) is 4.79 Å². The summed E-state index contributed by atoms with van der Waals surface area (Å²) < 4.78 is 0.911. The molecule has 4 nitrogen and oxygen atoms in total. The number of aromatic nitrogens is 2. The fraction of sp³-hybridized carbons (Fsp3) is 0.188. The number of anilines is 1. The Hall–Kier alpha value is -1.70. The van der Waals surface area contributed by atoms with Crippen molar-refractivity contribution in [3.8, 4) is 11.3 Å². The Bertz CT molecular complexity index is 798. The van der Waals surface area contributed by atoms with Crippen LogP contribution in [0.25, 0.3) is 11.3 Å². The number of hydrogen-bond acceptors (Lipinski definition) is 6. The van der Waals surface area contributed by atoms with E-state index < -0.39 is 0 Å². The van der Waals surface area contributed by atoms with E-state index in [1.807, 2.05) is 54.9 Å². The quantitative estimate of drug-likeness (QED) is 0.670. The number of carbonyl (C=O) groups is 1. The number of amides is 1. The monoisotopic (exact) mass is 361 g/mol. The number of thiazole rings is 2. The zero-order valence-corrected chi connectivity index (χ0v) is 15.1. The number of nitrogens with zero attached hydrogens (tertiary/aromatic N) is 2. The molecule has 1 atom stereocenters. The maximum atomic E-state index is 12.3. The molecule has 3 rings (SSSR count). The summed E-state index contributed by atoms with van der Waals surface area (Å²) in [7, 11) is 0. The Balaban J connectivity index is 1.63. The molecule has 0 bridgehead atoms. The lowest BCUT2D eigenvalue weighted by Gasteiger charge is -2.08. The summed E-state index contributed by atoms with van der Waals surface area (Å²) >= 11 is 4.46. The van der Waals surface area contributed by atoms with Gasteiger partial charge in [0.05, 0.1) is 10.9 Å². The zero-order valence-electron chi connectivity index (χ0n) is 12.6. The fourth-order valence-electron chi connectivity index (χ4n) is 1.87. The van der Waals surface area contributed by atoms with Crippen LogP contribution in [0.15, 0.2) is 45.4 Å². The molecule has 2 heterocycles. The van der Waals surface area contributed by atoms with E-state index >= 15 is 0 Å². The third-order valence-corrected chi connectivity index (χ3v) is 6.00. The maximum absolute atomic E-state index is 12.3. The van der Waals surface area contributed by atoms with Gasteiger partial charge < -0.3 is 5.32 Å². The Morgan fingerprint density at radius 2 is 1.96 bits per heavy atom. The summed E-state index contributed by atoms with van der Waals surface area (Å²) in [5.74, 6) is -0.0585. The van der Waals surface area contributed by atoms with E-state index in [4.69, 9.17) is 0 Å². The highest BCUT2D eigenvalue weighted by molar-refractivity contribution is 8.02. The number of nitrogens with one attached hydrogen (secondary N) is 1. The number of hydrogen-bond donors (Lipinski definition) is 1. The molecule has 7 heteroatoms. The summed E-state index contributed by atoms with van der Waals surface area (Å²) in [6, 6.07) is 9.93. The third-order valence-electron chi connectivity index (χ3n) is 3.05. The van der Waals surface area contributed by atoms with Gasteiger partial charge in [0.15, 0.2) is 9.47 Å². The second kappa shape index (κ2) is 7.25. The second-order valence-corrected chi connectivity index (χ2v) is 8.21. The van der Waals surface area contributed by atoms with Crippen LogP contribution in [0.2, 0.25) is 0 Å².